The molecule has 0 aliphatic carbocycles. The molecular weight excluding hydrogens is 238 g/mol. The quantitative estimate of drug-likeness (QED) is 0.883. The number of carbonyl (C=O) groups is 1. The van der Waals surface area contributed by atoms with Gasteiger partial charge >= 0.3 is 0 Å². The molecule has 2 aromatic heterocycles. The number of carbonyl (C=O) groups excluding carboxylic acids is 1. The number of nitrogens with zero attached hydrogens (tertiary/aromatic N) is 4. The van der Waals surface area contributed by atoms with Gasteiger partial charge < -0.3 is 5.32 Å². The summed E-state index contributed by atoms with van der Waals surface area (Å²) in [6.07, 6.45) is 3.22. The second kappa shape index (κ2) is 5.22. The monoisotopic (exact) mass is 253 g/mol. The van der Waals surface area contributed by atoms with Gasteiger partial charge in [0.1, 0.15) is 0 Å². The molecule has 1 N–H and O–H groups in total. The first-order valence-electron chi connectivity index (χ1n) is 5.75. The summed E-state index contributed by atoms with van der Waals surface area (Å²) in [5.41, 5.74) is 0. The molecule has 17 heavy (non-hydrogen) atoms. The fraction of sp³-hybridized carbons (Fsp3) is 0.600. The number of nitrogens with one attached hydrogen (secondary N) is 1. The van der Waals surface area contributed by atoms with Crippen molar-refractivity contribution < 1.29 is 4.79 Å². The maximum Gasteiger partial charge on any atom is 0.236 e. The van der Waals surface area contributed by atoms with E-state index in [-0.39, 0.29) is 5.91 Å². The van der Waals surface area contributed by atoms with Crippen molar-refractivity contribution in [2.45, 2.75) is 39.5 Å². The number of hydrogen-bond donors (Lipinski definition) is 1. The summed E-state index contributed by atoms with van der Waals surface area (Å²) in [4.78, 5) is 12.3. The van der Waals surface area contributed by atoms with Gasteiger partial charge in [0.2, 0.25) is 16.0 Å². The van der Waals surface area contributed by atoms with Crippen LogP contribution in [-0.2, 0) is 11.2 Å². The Morgan fingerprint density at radius 2 is 2.24 bits per heavy atom. The standard InChI is InChI=1S/C10H15N5OS/c1-3-5-6-8(16)11-9-14-15-7(4-2)12-13-10(15)17-9/h3-6H2,1-2H3,(H,11,14,16). The Labute approximate surface area is 103 Å². The Morgan fingerprint density at radius 1 is 1.41 bits per heavy atom. The molecule has 0 aromatic carbocycles. The van der Waals surface area contributed by atoms with Gasteiger partial charge in [0.15, 0.2) is 5.82 Å². The molecule has 1 amide bonds. The zero-order valence-corrected chi connectivity index (χ0v) is 10.8. The Hall–Kier alpha value is -1.50. The molecule has 0 radical (unpaired) electrons. The van der Waals surface area contributed by atoms with Crippen molar-refractivity contribution in [3.8, 4) is 0 Å². The average molecular weight is 253 g/mol. The van der Waals surface area contributed by atoms with Crippen molar-refractivity contribution in [3.05, 3.63) is 5.82 Å². The second-order valence-electron chi connectivity index (χ2n) is 3.72. The summed E-state index contributed by atoms with van der Waals surface area (Å²) in [5.74, 6) is 0.820. The highest BCUT2D eigenvalue weighted by Crippen LogP contribution is 2.19. The molecule has 0 saturated heterocycles. The molecule has 6 nitrogen and oxygen atoms in total. The summed E-state index contributed by atoms with van der Waals surface area (Å²) in [5, 5.41) is 15.6. The van der Waals surface area contributed by atoms with Gasteiger partial charge in [-0.3, -0.25) is 4.79 Å². The fourth-order valence-corrected chi connectivity index (χ4v) is 2.22. The van der Waals surface area contributed by atoms with Crippen molar-refractivity contribution in [2.75, 3.05) is 5.32 Å². The summed E-state index contributed by atoms with van der Waals surface area (Å²) >= 11 is 1.34. The number of unbranched alkanes of at least 4 members (excludes halogenated alkanes) is 1. The van der Waals surface area contributed by atoms with E-state index in [0.717, 1.165) is 25.1 Å². The van der Waals surface area contributed by atoms with Gasteiger partial charge in [0.05, 0.1) is 0 Å². The molecule has 7 heteroatoms. The number of amides is 1. The summed E-state index contributed by atoms with van der Waals surface area (Å²) in [6, 6.07) is 0. The van der Waals surface area contributed by atoms with E-state index in [1.807, 2.05) is 6.92 Å². The molecule has 0 spiro atoms. The minimum atomic E-state index is 0.00913. The smallest absolute Gasteiger partial charge is 0.236 e. The van der Waals surface area contributed by atoms with Crippen LogP contribution in [0.25, 0.3) is 4.96 Å². The number of rotatable bonds is 5. The molecule has 2 heterocycles. The summed E-state index contributed by atoms with van der Waals surface area (Å²) < 4.78 is 1.68. The first-order valence-corrected chi connectivity index (χ1v) is 6.57. The third-order valence-electron chi connectivity index (χ3n) is 2.38. The Bertz CT molecular complexity index is 518. The molecule has 0 aliphatic heterocycles. The lowest BCUT2D eigenvalue weighted by Gasteiger charge is -1.98. The molecule has 0 unspecified atom stereocenters. The van der Waals surface area contributed by atoms with E-state index in [4.69, 9.17) is 0 Å². The van der Waals surface area contributed by atoms with Crippen LogP contribution in [-0.4, -0.2) is 25.7 Å². The van der Waals surface area contributed by atoms with E-state index in [9.17, 15) is 4.79 Å². The third-order valence-corrected chi connectivity index (χ3v) is 3.19. The largest absolute Gasteiger partial charge is 0.301 e. The summed E-state index contributed by atoms with van der Waals surface area (Å²) in [7, 11) is 0. The SMILES string of the molecule is CCCCC(=O)Nc1nn2c(CC)nnc2s1. The molecular formula is C10H15N5OS. The third kappa shape index (κ3) is 2.60. The Morgan fingerprint density at radius 3 is 2.94 bits per heavy atom. The van der Waals surface area contributed by atoms with Gasteiger partial charge in [-0.25, -0.2) is 0 Å². The van der Waals surface area contributed by atoms with Crippen LogP contribution in [0.5, 0.6) is 0 Å². The molecule has 2 aromatic rings. The summed E-state index contributed by atoms with van der Waals surface area (Å²) in [6.45, 7) is 4.05. The first-order chi connectivity index (χ1) is 8.24. The minimum absolute atomic E-state index is 0.00913. The van der Waals surface area contributed by atoms with Crippen LogP contribution < -0.4 is 5.32 Å². The number of fused-ring (bicyclic) bond motifs is 1. The fourth-order valence-electron chi connectivity index (χ4n) is 1.45. The van der Waals surface area contributed by atoms with Crippen molar-refractivity contribution in [1.29, 1.82) is 0 Å². The Kier molecular flexibility index (Phi) is 3.68. The highest BCUT2D eigenvalue weighted by atomic mass is 32.1. The van der Waals surface area contributed by atoms with Crippen molar-refractivity contribution in [1.82, 2.24) is 19.8 Å². The van der Waals surface area contributed by atoms with Gasteiger partial charge in [0, 0.05) is 12.8 Å². The molecule has 0 atom stereocenters. The van der Waals surface area contributed by atoms with Crippen molar-refractivity contribution >= 4 is 27.3 Å². The van der Waals surface area contributed by atoms with E-state index in [1.54, 1.807) is 4.52 Å². The van der Waals surface area contributed by atoms with Crippen LogP contribution in [0, 0.1) is 0 Å². The van der Waals surface area contributed by atoms with Crippen LogP contribution in [0.2, 0.25) is 0 Å². The van der Waals surface area contributed by atoms with E-state index >= 15 is 0 Å². The lowest BCUT2D eigenvalue weighted by atomic mass is 10.2. The minimum Gasteiger partial charge on any atom is -0.301 e. The van der Waals surface area contributed by atoms with E-state index in [2.05, 4.69) is 27.5 Å². The number of aryl methyl sites for hydroxylation is 1. The predicted molar refractivity (Wildman–Crippen MR) is 66.2 cm³/mol. The predicted octanol–water partition coefficient (Wildman–Crippen LogP) is 1.88. The maximum atomic E-state index is 11.5. The van der Waals surface area contributed by atoms with E-state index < -0.39 is 0 Å². The molecule has 2 rings (SSSR count). The van der Waals surface area contributed by atoms with Crippen LogP contribution in [0.15, 0.2) is 0 Å². The van der Waals surface area contributed by atoms with Crippen LogP contribution >= 0.6 is 11.3 Å². The van der Waals surface area contributed by atoms with Crippen LogP contribution in [0.1, 0.15) is 38.9 Å². The molecule has 92 valence electrons. The highest BCUT2D eigenvalue weighted by molar-refractivity contribution is 7.20. The topological polar surface area (TPSA) is 72.2 Å². The number of aromatic nitrogens is 4. The number of anilines is 1. The Balaban J connectivity index is 2.09. The average Bonchev–Trinajstić information content (AvgIpc) is 2.85. The van der Waals surface area contributed by atoms with Crippen LogP contribution in [0.4, 0.5) is 5.13 Å². The van der Waals surface area contributed by atoms with E-state index in [0.29, 0.717) is 16.5 Å². The lowest BCUT2D eigenvalue weighted by Crippen LogP contribution is -2.11. The van der Waals surface area contributed by atoms with Gasteiger partial charge in [-0.05, 0) is 6.42 Å². The normalized spacial score (nSPS) is 10.9. The van der Waals surface area contributed by atoms with Gasteiger partial charge in [-0.1, -0.05) is 31.6 Å². The molecule has 0 saturated carbocycles. The van der Waals surface area contributed by atoms with Gasteiger partial charge in [0.25, 0.3) is 0 Å². The number of hydrogen-bond acceptors (Lipinski definition) is 5. The first kappa shape index (κ1) is 12.0. The zero-order chi connectivity index (χ0) is 12.3. The van der Waals surface area contributed by atoms with E-state index in [1.165, 1.54) is 11.3 Å². The molecule has 0 bridgehead atoms. The van der Waals surface area contributed by atoms with Crippen molar-refractivity contribution in [2.24, 2.45) is 0 Å². The lowest BCUT2D eigenvalue weighted by molar-refractivity contribution is -0.116. The molecule has 0 fully saturated rings. The zero-order valence-electron chi connectivity index (χ0n) is 9.93. The molecule has 0 aliphatic rings. The second-order valence-corrected chi connectivity index (χ2v) is 4.68. The van der Waals surface area contributed by atoms with Gasteiger partial charge in [-0.15, -0.1) is 15.3 Å². The van der Waals surface area contributed by atoms with Crippen molar-refractivity contribution in [3.63, 3.8) is 0 Å². The maximum absolute atomic E-state index is 11.5. The van der Waals surface area contributed by atoms with Gasteiger partial charge in [-0.2, -0.15) is 4.52 Å². The highest BCUT2D eigenvalue weighted by Gasteiger charge is 2.11. The van der Waals surface area contributed by atoms with Crippen LogP contribution in [0.3, 0.4) is 0 Å².